The van der Waals surface area contributed by atoms with Crippen LogP contribution in [0.15, 0.2) is 75.9 Å². The van der Waals surface area contributed by atoms with Gasteiger partial charge in [-0.25, -0.2) is 8.78 Å². The molecule has 1 aliphatic heterocycles. The van der Waals surface area contributed by atoms with Crippen molar-refractivity contribution < 1.29 is 18.0 Å². The highest BCUT2D eigenvalue weighted by atomic mass is 19.1. The summed E-state index contributed by atoms with van der Waals surface area (Å²) in [4.78, 5) is 28.1. The van der Waals surface area contributed by atoms with E-state index in [1.54, 1.807) is 18.2 Å². The normalized spacial score (nSPS) is 15.5. The molecule has 1 atom stereocenters. The molecule has 0 saturated carbocycles. The summed E-state index contributed by atoms with van der Waals surface area (Å²) in [7, 11) is 0. The molecule has 5 rings (SSSR count). The Balaban J connectivity index is 1.74. The first-order valence-corrected chi connectivity index (χ1v) is 9.81. The van der Waals surface area contributed by atoms with Crippen molar-refractivity contribution in [2.75, 3.05) is 0 Å². The van der Waals surface area contributed by atoms with Crippen LogP contribution in [-0.4, -0.2) is 10.8 Å². The highest BCUT2D eigenvalue weighted by Gasteiger charge is 2.43. The molecule has 3 aromatic carbocycles. The number of halogens is 2. The lowest BCUT2D eigenvalue weighted by Crippen LogP contribution is -2.29. The van der Waals surface area contributed by atoms with Crippen molar-refractivity contribution in [3.8, 4) is 0 Å². The number of hydrogen-bond acceptors (Lipinski definition) is 3. The molecular formula is C25H17F2NO3. The molecule has 0 N–H and O–H groups in total. The lowest BCUT2D eigenvalue weighted by Gasteiger charge is -2.25. The summed E-state index contributed by atoms with van der Waals surface area (Å²) in [6, 6.07) is 16.2. The van der Waals surface area contributed by atoms with Gasteiger partial charge in [-0.1, -0.05) is 48.0 Å². The van der Waals surface area contributed by atoms with E-state index in [4.69, 9.17) is 4.42 Å². The van der Waals surface area contributed by atoms with Crippen LogP contribution in [0.5, 0.6) is 0 Å². The molecule has 1 amide bonds. The third kappa shape index (κ3) is 3.11. The van der Waals surface area contributed by atoms with Gasteiger partial charge in [-0.15, -0.1) is 0 Å². The number of aryl methyl sites for hydroxylation is 1. The Bertz CT molecular complexity index is 1390. The standard InChI is InChI=1S/C25H17F2NO3/c1-14-6-8-15(9-7-14)13-28-22(17-4-2-3-5-19(17)27)21-23(29)18-12-16(26)10-11-20(18)31-24(21)25(28)30/h2-12,22H,13H2,1H3. The Labute approximate surface area is 176 Å². The van der Waals surface area contributed by atoms with E-state index >= 15 is 0 Å². The molecule has 31 heavy (non-hydrogen) atoms. The molecule has 4 aromatic rings. The molecule has 4 nitrogen and oxygen atoms in total. The number of carbonyl (C=O) groups is 1. The highest BCUT2D eigenvalue weighted by molar-refractivity contribution is 5.99. The van der Waals surface area contributed by atoms with E-state index in [2.05, 4.69) is 0 Å². The van der Waals surface area contributed by atoms with E-state index in [1.807, 2.05) is 31.2 Å². The third-order valence-electron chi connectivity index (χ3n) is 5.60. The maximum absolute atomic E-state index is 14.8. The van der Waals surface area contributed by atoms with Gasteiger partial charge in [0.15, 0.2) is 5.43 Å². The van der Waals surface area contributed by atoms with E-state index in [9.17, 15) is 18.4 Å². The molecule has 154 valence electrons. The van der Waals surface area contributed by atoms with Crippen molar-refractivity contribution in [2.24, 2.45) is 0 Å². The number of rotatable bonds is 3. The predicted molar refractivity (Wildman–Crippen MR) is 112 cm³/mol. The Morgan fingerprint density at radius 3 is 2.45 bits per heavy atom. The monoisotopic (exact) mass is 417 g/mol. The number of hydrogen-bond donors (Lipinski definition) is 0. The Morgan fingerprint density at radius 2 is 1.71 bits per heavy atom. The van der Waals surface area contributed by atoms with E-state index in [-0.39, 0.29) is 34.4 Å². The number of amides is 1. The van der Waals surface area contributed by atoms with Crippen LogP contribution in [0.2, 0.25) is 0 Å². The van der Waals surface area contributed by atoms with Gasteiger partial charge in [0.25, 0.3) is 5.91 Å². The van der Waals surface area contributed by atoms with Crippen molar-refractivity contribution in [3.63, 3.8) is 0 Å². The average Bonchev–Trinajstić information content (AvgIpc) is 3.03. The van der Waals surface area contributed by atoms with Gasteiger partial charge >= 0.3 is 0 Å². The van der Waals surface area contributed by atoms with Crippen LogP contribution < -0.4 is 5.43 Å². The second-order valence-corrected chi connectivity index (χ2v) is 7.66. The topological polar surface area (TPSA) is 50.5 Å². The number of fused-ring (bicyclic) bond motifs is 2. The Hall–Kier alpha value is -3.80. The fraction of sp³-hybridized carbons (Fsp3) is 0.120. The van der Waals surface area contributed by atoms with Crippen molar-refractivity contribution in [1.29, 1.82) is 0 Å². The van der Waals surface area contributed by atoms with Gasteiger partial charge in [0.05, 0.1) is 17.0 Å². The largest absolute Gasteiger partial charge is 0.450 e. The van der Waals surface area contributed by atoms with Gasteiger partial charge in [0, 0.05) is 12.1 Å². The second kappa shape index (κ2) is 7.16. The summed E-state index contributed by atoms with van der Waals surface area (Å²) in [5.41, 5.74) is 1.68. The van der Waals surface area contributed by atoms with E-state index in [0.29, 0.717) is 0 Å². The molecule has 0 aliphatic carbocycles. The van der Waals surface area contributed by atoms with E-state index in [0.717, 1.165) is 23.3 Å². The number of nitrogens with zero attached hydrogens (tertiary/aromatic N) is 1. The van der Waals surface area contributed by atoms with Crippen LogP contribution in [-0.2, 0) is 6.54 Å². The van der Waals surface area contributed by atoms with Crippen LogP contribution in [0.1, 0.15) is 38.9 Å². The minimum Gasteiger partial charge on any atom is -0.450 e. The summed E-state index contributed by atoms with van der Waals surface area (Å²) in [5, 5.41) is 0.0186. The minimum atomic E-state index is -0.978. The summed E-state index contributed by atoms with van der Waals surface area (Å²) >= 11 is 0. The third-order valence-corrected chi connectivity index (χ3v) is 5.60. The Kier molecular flexibility index (Phi) is 4.43. The molecule has 0 fully saturated rings. The summed E-state index contributed by atoms with van der Waals surface area (Å²) in [6.45, 7) is 2.11. The smallest absolute Gasteiger partial charge is 0.291 e. The summed E-state index contributed by atoms with van der Waals surface area (Å²) in [5.74, 6) is -1.78. The van der Waals surface area contributed by atoms with Crippen molar-refractivity contribution >= 4 is 16.9 Å². The highest BCUT2D eigenvalue weighted by Crippen LogP contribution is 2.40. The molecule has 0 saturated heterocycles. The molecule has 0 spiro atoms. The van der Waals surface area contributed by atoms with Crippen LogP contribution >= 0.6 is 0 Å². The first-order valence-electron chi connectivity index (χ1n) is 9.81. The molecule has 0 bridgehead atoms. The predicted octanol–water partition coefficient (Wildman–Crippen LogP) is 5.13. The zero-order chi connectivity index (χ0) is 21.7. The molecule has 6 heteroatoms. The van der Waals surface area contributed by atoms with Gasteiger partial charge in [0.1, 0.15) is 17.2 Å². The fourth-order valence-electron chi connectivity index (χ4n) is 4.07. The van der Waals surface area contributed by atoms with Gasteiger partial charge in [-0.3, -0.25) is 9.59 Å². The first-order chi connectivity index (χ1) is 14.9. The lowest BCUT2D eigenvalue weighted by atomic mass is 9.97. The van der Waals surface area contributed by atoms with Crippen LogP contribution in [0.4, 0.5) is 8.78 Å². The fourth-order valence-corrected chi connectivity index (χ4v) is 4.07. The molecule has 1 aliphatic rings. The number of benzene rings is 3. The van der Waals surface area contributed by atoms with Gasteiger partial charge < -0.3 is 9.32 Å². The SMILES string of the molecule is Cc1ccc(CN2C(=O)c3oc4ccc(F)cc4c(=O)c3C2c2ccccc2F)cc1. The average molecular weight is 417 g/mol. The summed E-state index contributed by atoms with van der Waals surface area (Å²) in [6.07, 6.45) is 0. The number of carbonyl (C=O) groups excluding carboxylic acids is 1. The molecule has 0 radical (unpaired) electrons. The Morgan fingerprint density at radius 1 is 0.968 bits per heavy atom. The molecule has 2 heterocycles. The van der Waals surface area contributed by atoms with Crippen molar-refractivity contribution in [2.45, 2.75) is 19.5 Å². The second-order valence-electron chi connectivity index (χ2n) is 7.66. The van der Waals surface area contributed by atoms with Gasteiger partial charge in [0.2, 0.25) is 5.76 Å². The molecule has 1 aromatic heterocycles. The summed E-state index contributed by atoms with van der Waals surface area (Å²) < 4.78 is 34.4. The molecular weight excluding hydrogens is 400 g/mol. The lowest BCUT2D eigenvalue weighted by molar-refractivity contribution is 0.0712. The van der Waals surface area contributed by atoms with Crippen LogP contribution in [0, 0.1) is 18.6 Å². The van der Waals surface area contributed by atoms with Crippen molar-refractivity contribution in [3.05, 3.63) is 117 Å². The van der Waals surface area contributed by atoms with Crippen LogP contribution in [0.25, 0.3) is 11.0 Å². The maximum Gasteiger partial charge on any atom is 0.291 e. The molecule has 1 unspecified atom stereocenters. The van der Waals surface area contributed by atoms with E-state index < -0.39 is 29.0 Å². The van der Waals surface area contributed by atoms with Crippen LogP contribution in [0.3, 0.4) is 0 Å². The first kappa shape index (κ1) is 19.2. The zero-order valence-electron chi connectivity index (χ0n) is 16.6. The van der Waals surface area contributed by atoms with Crippen molar-refractivity contribution in [1.82, 2.24) is 4.90 Å². The van der Waals surface area contributed by atoms with Gasteiger partial charge in [-0.2, -0.15) is 0 Å². The quantitative estimate of drug-likeness (QED) is 0.465. The van der Waals surface area contributed by atoms with Gasteiger partial charge in [-0.05, 0) is 36.8 Å². The van der Waals surface area contributed by atoms with E-state index in [1.165, 1.54) is 17.0 Å². The zero-order valence-corrected chi connectivity index (χ0v) is 16.6. The minimum absolute atomic E-state index is 0.0186. The maximum atomic E-state index is 14.8.